The Kier molecular flexibility index (Phi) is 5.67. The van der Waals surface area contributed by atoms with Crippen LogP contribution >= 0.6 is 23.2 Å². The summed E-state index contributed by atoms with van der Waals surface area (Å²) in [6.45, 7) is -0.301. The van der Waals surface area contributed by atoms with Gasteiger partial charge in [-0.2, -0.15) is 5.10 Å². The van der Waals surface area contributed by atoms with E-state index in [1.165, 1.54) is 30.5 Å². The molecular formula is C15H12Cl2N2O4. The van der Waals surface area contributed by atoms with Crippen LogP contribution in [0.25, 0.3) is 0 Å². The standard InChI is InChI=1S/C15H12Cl2N2O4/c16-10-4-5-13(11(17)6-10)23-8-14(21)19-18-7-9-2-1-3-12(20)15(9)22/h1-7,20,22H,8H2,(H,19,21)/b18-7+. The first-order valence-electron chi connectivity index (χ1n) is 6.38. The van der Waals surface area contributed by atoms with Crippen LogP contribution in [0.5, 0.6) is 17.2 Å². The minimum atomic E-state index is -0.521. The molecule has 2 aromatic carbocycles. The van der Waals surface area contributed by atoms with Gasteiger partial charge in [0.15, 0.2) is 18.1 Å². The van der Waals surface area contributed by atoms with Crippen molar-refractivity contribution in [1.82, 2.24) is 5.43 Å². The van der Waals surface area contributed by atoms with Crippen molar-refractivity contribution in [3.8, 4) is 17.2 Å². The monoisotopic (exact) mass is 354 g/mol. The van der Waals surface area contributed by atoms with Gasteiger partial charge in [-0.1, -0.05) is 29.3 Å². The predicted octanol–water partition coefficient (Wildman–Crippen LogP) is 2.93. The third-order valence-electron chi connectivity index (χ3n) is 2.69. The maximum absolute atomic E-state index is 11.6. The Hall–Kier alpha value is -2.44. The summed E-state index contributed by atoms with van der Waals surface area (Å²) in [4.78, 5) is 11.6. The van der Waals surface area contributed by atoms with Crippen molar-refractivity contribution < 1.29 is 19.7 Å². The lowest BCUT2D eigenvalue weighted by Crippen LogP contribution is -2.24. The summed E-state index contributed by atoms with van der Waals surface area (Å²) in [7, 11) is 0. The number of nitrogens with one attached hydrogen (secondary N) is 1. The molecule has 1 amide bonds. The maximum Gasteiger partial charge on any atom is 0.277 e. The normalized spacial score (nSPS) is 10.7. The van der Waals surface area contributed by atoms with Crippen molar-refractivity contribution in [3.63, 3.8) is 0 Å². The van der Waals surface area contributed by atoms with Crippen molar-refractivity contribution in [3.05, 3.63) is 52.0 Å². The number of amides is 1. The van der Waals surface area contributed by atoms with Crippen LogP contribution in [0.15, 0.2) is 41.5 Å². The molecule has 0 spiro atoms. The average Bonchev–Trinajstić information content (AvgIpc) is 2.50. The number of hydrogen-bond donors (Lipinski definition) is 3. The highest BCUT2D eigenvalue weighted by Crippen LogP contribution is 2.27. The molecule has 2 rings (SSSR count). The van der Waals surface area contributed by atoms with Crippen molar-refractivity contribution in [2.75, 3.05) is 6.61 Å². The molecular weight excluding hydrogens is 343 g/mol. The van der Waals surface area contributed by atoms with Gasteiger partial charge in [-0.15, -0.1) is 0 Å². The molecule has 0 unspecified atom stereocenters. The van der Waals surface area contributed by atoms with Gasteiger partial charge in [0.2, 0.25) is 0 Å². The van der Waals surface area contributed by atoms with Gasteiger partial charge in [0.25, 0.3) is 5.91 Å². The van der Waals surface area contributed by atoms with E-state index in [4.69, 9.17) is 27.9 Å². The molecule has 0 saturated carbocycles. The van der Waals surface area contributed by atoms with Crippen LogP contribution in [-0.2, 0) is 4.79 Å². The van der Waals surface area contributed by atoms with Crippen molar-refractivity contribution in [2.24, 2.45) is 5.10 Å². The highest BCUT2D eigenvalue weighted by atomic mass is 35.5. The number of benzene rings is 2. The zero-order chi connectivity index (χ0) is 16.8. The molecule has 6 nitrogen and oxygen atoms in total. The van der Waals surface area contributed by atoms with Crippen LogP contribution in [0.2, 0.25) is 10.0 Å². The average molecular weight is 355 g/mol. The molecule has 0 radical (unpaired) electrons. The van der Waals surface area contributed by atoms with Crippen LogP contribution in [-0.4, -0.2) is 28.9 Å². The Bertz CT molecular complexity index is 750. The first-order chi connectivity index (χ1) is 11.0. The zero-order valence-corrected chi connectivity index (χ0v) is 13.2. The van der Waals surface area contributed by atoms with Gasteiger partial charge >= 0.3 is 0 Å². The number of halogens is 2. The second-order valence-electron chi connectivity index (χ2n) is 4.37. The molecule has 0 aliphatic rings. The Labute approximate surface area is 141 Å². The van der Waals surface area contributed by atoms with Crippen LogP contribution in [0.1, 0.15) is 5.56 Å². The number of para-hydroxylation sites is 1. The molecule has 3 N–H and O–H groups in total. The van der Waals surface area contributed by atoms with Gasteiger partial charge in [0, 0.05) is 10.6 Å². The molecule has 0 atom stereocenters. The number of nitrogens with zero attached hydrogens (tertiary/aromatic N) is 1. The number of hydrogen-bond acceptors (Lipinski definition) is 5. The molecule has 0 aliphatic carbocycles. The summed E-state index contributed by atoms with van der Waals surface area (Å²) in [5, 5.41) is 23.3. The lowest BCUT2D eigenvalue weighted by atomic mass is 10.2. The number of phenols is 2. The summed E-state index contributed by atoms with van der Waals surface area (Å²) >= 11 is 11.7. The van der Waals surface area contributed by atoms with Gasteiger partial charge < -0.3 is 14.9 Å². The van der Waals surface area contributed by atoms with E-state index in [0.717, 1.165) is 0 Å². The minimum Gasteiger partial charge on any atom is -0.504 e. The van der Waals surface area contributed by atoms with E-state index < -0.39 is 5.91 Å². The second kappa shape index (κ2) is 7.71. The highest BCUT2D eigenvalue weighted by molar-refractivity contribution is 6.35. The van der Waals surface area contributed by atoms with E-state index in [9.17, 15) is 15.0 Å². The Morgan fingerprint density at radius 2 is 2.04 bits per heavy atom. The molecule has 0 fully saturated rings. The molecule has 8 heteroatoms. The van der Waals surface area contributed by atoms with E-state index in [2.05, 4.69) is 10.5 Å². The summed E-state index contributed by atoms with van der Waals surface area (Å²) in [6, 6.07) is 9.02. The third-order valence-corrected chi connectivity index (χ3v) is 3.22. The predicted molar refractivity (Wildman–Crippen MR) is 87.5 cm³/mol. The molecule has 0 aromatic heterocycles. The van der Waals surface area contributed by atoms with Gasteiger partial charge in [-0.25, -0.2) is 5.43 Å². The first kappa shape index (κ1) is 16.9. The Morgan fingerprint density at radius 1 is 1.26 bits per heavy atom. The fourth-order valence-electron chi connectivity index (χ4n) is 1.59. The van der Waals surface area contributed by atoms with E-state index in [-0.39, 0.29) is 23.7 Å². The summed E-state index contributed by atoms with van der Waals surface area (Å²) in [6.07, 6.45) is 1.20. The number of aromatic hydroxyl groups is 2. The molecule has 0 bridgehead atoms. The van der Waals surface area contributed by atoms with E-state index in [1.54, 1.807) is 12.1 Å². The number of ether oxygens (including phenoxy) is 1. The van der Waals surface area contributed by atoms with Crippen LogP contribution in [0.4, 0.5) is 0 Å². The van der Waals surface area contributed by atoms with E-state index >= 15 is 0 Å². The molecule has 120 valence electrons. The molecule has 0 saturated heterocycles. The topological polar surface area (TPSA) is 91.2 Å². The lowest BCUT2D eigenvalue weighted by molar-refractivity contribution is -0.123. The van der Waals surface area contributed by atoms with Crippen molar-refractivity contribution in [1.29, 1.82) is 0 Å². The number of hydrazone groups is 1. The minimum absolute atomic E-state index is 0.256. The first-order valence-corrected chi connectivity index (χ1v) is 7.13. The lowest BCUT2D eigenvalue weighted by Gasteiger charge is -2.07. The van der Waals surface area contributed by atoms with Crippen LogP contribution in [0.3, 0.4) is 0 Å². The van der Waals surface area contributed by atoms with Gasteiger partial charge in [-0.05, 0) is 30.3 Å². The third kappa shape index (κ3) is 4.77. The highest BCUT2D eigenvalue weighted by Gasteiger charge is 2.06. The number of phenolic OH excluding ortho intramolecular Hbond substituents is 2. The van der Waals surface area contributed by atoms with E-state index in [1.807, 2.05) is 0 Å². The quantitative estimate of drug-likeness (QED) is 0.437. The molecule has 2 aromatic rings. The zero-order valence-electron chi connectivity index (χ0n) is 11.7. The molecule has 0 aliphatic heterocycles. The summed E-state index contributed by atoms with van der Waals surface area (Å²) in [5.74, 6) is -0.802. The van der Waals surface area contributed by atoms with E-state index in [0.29, 0.717) is 15.8 Å². The van der Waals surface area contributed by atoms with Gasteiger partial charge in [-0.3, -0.25) is 4.79 Å². The van der Waals surface area contributed by atoms with Gasteiger partial charge in [0.1, 0.15) is 5.75 Å². The fraction of sp³-hybridized carbons (Fsp3) is 0.0667. The second-order valence-corrected chi connectivity index (χ2v) is 5.22. The molecule has 23 heavy (non-hydrogen) atoms. The SMILES string of the molecule is O=C(COc1ccc(Cl)cc1Cl)N/N=C/c1cccc(O)c1O. The largest absolute Gasteiger partial charge is 0.504 e. The van der Waals surface area contributed by atoms with Crippen molar-refractivity contribution in [2.45, 2.75) is 0 Å². The number of carbonyl (C=O) groups excluding carboxylic acids is 1. The Morgan fingerprint density at radius 3 is 2.78 bits per heavy atom. The van der Waals surface area contributed by atoms with Gasteiger partial charge in [0.05, 0.1) is 11.2 Å². The molecule has 0 heterocycles. The fourth-order valence-corrected chi connectivity index (χ4v) is 2.06. The van der Waals surface area contributed by atoms with Crippen molar-refractivity contribution >= 4 is 35.3 Å². The smallest absolute Gasteiger partial charge is 0.277 e. The van der Waals surface area contributed by atoms with Crippen LogP contribution in [0, 0.1) is 0 Å². The number of rotatable bonds is 5. The summed E-state index contributed by atoms with van der Waals surface area (Å²) in [5.41, 5.74) is 2.48. The number of carbonyl (C=O) groups is 1. The summed E-state index contributed by atoms with van der Waals surface area (Å²) < 4.78 is 5.23. The van der Waals surface area contributed by atoms with Crippen LogP contribution < -0.4 is 10.2 Å². The Balaban J connectivity index is 1.87. The maximum atomic E-state index is 11.6.